The lowest BCUT2D eigenvalue weighted by atomic mass is 10.0. The molecule has 9 heteroatoms. The van der Waals surface area contributed by atoms with E-state index in [0.29, 0.717) is 32.7 Å². The Kier molecular flexibility index (Phi) is 7.96. The number of nitrogens with zero attached hydrogens (tertiary/aromatic N) is 2. The van der Waals surface area contributed by atoms with Crippen molar-refractivity contribution in [3.63, 3.8) is 0 Å². The Balaban J connectivity index is 1.89. The number of rotatable bonds is 7. The topological polar surface area (TPSA) is 85.4 Å². The molecule has 3 aromatic carbocycles. The van der Waals surface area contributed by atoms with Crippen LogP contribution in [0.5, 0.6) is 11.5 Å². The summed E-state index contributed by atoms with van der Waals surface area (Å²) in [4.78, 5) is 10.4. The molecule has 3 rings (SSSR count). The maximum Gasteiger partial charge on any atom is 0.269 e. The van der Waals surface area contributed by atoms with Gasteiger partial charge < -0.3 is 9.47 Å². The van der Waals surface area contributed by atoms with Crippen LogP contribution in [0, 0.1) is 25.0 Å². The van der Waals surface area contributed by atoms with Gasteiger partial charge in [0.2, 0.25) is 0 Å². The Labute approximate surface area is 208 Å². The predicted octanol–water partition coefficient (Wildman–Crippen LogP) is 7.16. The number of methoxy groups -OCH3 is 1. The summed E-state index contributed by atoms with van der Waals surface area (Å²) in [5.41, 5.74) is 2.40. The van der Waals surface area contributed by atoms with Crippen molar-refractivity contribution in [2.45, 2.75) is 6.61 Å². The van der Waals surface area contributed by atoms with E-state index in [2.05, 4.69) is 28.7 Å². The number of non-ortho nitro benzene ring substituents is 1. The highest BCUT2D eigenvalue weighted by atomic mass is 127. The standard InChI is InChI=1S/C23H15Cl2IN2O4/c1-31-22-10-14(8-17(12-27)15-3-6-19(7-4-15)28(29)30)9-21(26)23(22)32-13-16-2-5-18(24)11-20(16)25/h2-11H,13H2,1H3. The van der Waals surface area contributed by atoms with Gasteiger partial charge in [-0.3, -0.25) is 10.1 Å². The van der Waals surface area contributed by atoms with Crippen LogP contribution >= 0.6 is 45.8 Å². The molecule has 32 heavy (non-hydrogen) atoms. The van der Waals surface area contributed by atoms with Crippen LogP contribution < -0.4 is 9.47 Å². The zero-order chi connectivity index (χ0) is 23.3. The van der Waals surface area contributed by atoms with Crippen LogP contribution in [0.3, 0.4) is 0 Å². The van der Waals surface area contributed by atoms with Crippen molar-refractivity contribution in [1.29, 1.82) is 5.26 Å². The van der Waals surface area contributed by atoms with E-state index in [0.717, 1.165) is 14.7 Å². The molecular formula is C23H15Cl2IN2O4. The molecule has 0 amide bonds. The van der Waals surface area contributed by atoms with Crippen molar-refractivity contribution in [3.8, 4) is 17.6 Å². The van der Waals surface area contributed by atoms with Crippen LogP contribution in [0.25, 0.3) is 11.6 Å². The highest BCUT2D eigenvalue weighted by molar-refractivity contribution is 14.1. The van der Waals surface area contributed by atoms with Crippen LogP contribution in [0.1, 0.15) is 16.7 Å². The molecule has 6 nitrogen and oxygen atoms in total. The molecule has 0 spiro atoms. The fraction of sp³-hybridized carbons (Fsp3) is 0.0870. The van der Waals surface area contributed by atoms with Crippen LogP contribution in [0.2, 0.25) is 10.0 Å². The Morgan fingerprint density at radius 1 is 1.19 bits per heavy atom. The molecule has 0 unspecified atom stereocenters. The molecule has 0 heterocycles. The fourth-order valence-corrected chi connectivity index (χ4v) is 4.11. The highest BCUT2D eigenvalue weighted by Gasteiger charge is 2.14. The first-order chi connectivity index (χ1) is 15.3. The van der Waals surface area contributed by atoms with Gasteiger partial charge >= 0.3 is 0 Å². The van der Waals surface area contributed by atoms with E-state index >= 15 is 0 Å². The molecule has 0 atom stereocenters. The summed E-state index contributed by atoms with van der Waals surface area (Å²) < 4.78 is 12.2. The van der Waals surface area contributed by atoms with E-state index < -0.39 is 4.92 Å². The molecule has 0 fully saturated rings. The van der Waals surface area contributed by atoms with Gasteiger partial charge in [-0.25, -0.2) is 0 Å². The molecule has 0 N–H and O–H groups in total. The molecule has 0 bridgehead atoms. The van der Waals surface area contributed by atoms with Crippen molar-refractivity contribution in [3.05, 3.63) is 95.0 Å². The number of nitriles is 1. The summed E-state index contributed by atoms with van der Waals surface area (Å²) >= 11 is 14.3. The molecule has 3 aromatic rings. The van der Waals surface area contributed by atoms with Crippen molar-refractivity contribution < 1.29 is 14.4 Å². The average Bonchev–Trinajstić information content (AvgIpc) is 2.77. The minimum Gasteiger partial charge on any atom is -0.493 e. The number of benzene rings is 3. The quantitative estimate of drug-likeness (QED) is 0.0973. The predicted molar refractivity (Wildman–Crippen MR) is 133 cm³/mol. The first kappa shape index (κ1) is 23.9. The fourth-order valence-electron chi connectivity index (χ4n) is 2.86. The third-order valence-electron chi connectivity index (χ3n) is 4.46. The second kappa shape index (κ2) is 10.7. The first-order valence-corrected chi connectivity index (χ1v) is 11.0. The molecule has 0 saturated carbocycles. The average molecular weight is 581 g/mol. The molecule has 162 valence electrons. The van der Waals surface area contributed by atoms with Crippen LogP contribution in [0.4, 0.5) is 5.69 Å². The lowest BCUT2D eigenvalue weighted by Crippen LogP contribution is -2.01. The Bertz CT molecular complexity index is 1240. The number of ether oxygens (including phenoxy) is 2. The highest BCUT2D eigenvalue weighted by Crippen LogP contribution is 2.36. The van der Waals surface area contributed by atoms with Gasteiger partial charge in [0.15, 0.2) is 11.5 Å². The Hall–Kier alpha value is -2.80. The third-order valence-corrected chi connectivity index (χ3v) is 5.85. The van der Waals surface area contributed by atoms with E-state index in [1.165, 1.54) is 19.2 Å². The van der Waals surface area contributed by atoms with Crippen molar-refractivity contribution in [2.24, 2.45) is 0 Å². The van der Waals surface area contributed by atoms with Gasteiger partial charge in [0.05, 0.1) is 27.2 Å². The lowest BCUT2D eigenvalue weighted by Gasteiger charge is -2.14. The second-order valence-corrected chi connectivity index (χ2v) is 8.54. The van der Waals surface area contributed by atoms with E-state index in [1.54, 1.807) is 42.5 Å². The molecular weight excluding hydrogens is 566 g/mol. The summed E-state index contributed by atoms with van der Waals surface area (Å²) in [5, 5.41) is 21.5. The summed E-state index contributed by atoms with van der Waals surface area (Å²) in [6, 6.07) is 16.7. The van der Waals surface area contributed by atoms with Crippen LogP contribution in [-0.4, -0.2) is 12.0 Å². The van der Waals surface area contributed by atoms with Crippen molar-refractivity contribution in [2.75, 3.05) is 7.11 Å². The second-order valence-electron chi connectivity index (χ2n) is 6.53. The molecule has 0 radical (unpaired) electrons. The third kappa shape index (κ3) is 5.71. The van der Waals surface area contributed by atoms with Gasteiger partial charge in [-0.2, -0.15) is 5.26 Å². The molecule has 0 aromatic heterocycles. The Morgan fingerprint density at radius 3 is 2.50 bits per heavy atom. The van der Waals surface area contributed by atoms with Crippen LogP contribution in [0.15, 0.2) is 54.6 Å². The largest absolute Gasteiger partial charge is 0.493 e. The normalized spacial score (nSPS) is 11.0. The maximum atomic E-state index is 10.8. The maximum absolute atomic E-state index is 10.8. The molecule has 0 aliphatic rings. The van der Waals surface area contributed by atoms with Gasteiger partial charge in [0, 0.05) is 27.7 Å². The number of allylic oxidation sites excluding steroid dienone is 1. The SMILES string of the molecule is COc1cc(C=C(C#N)c2ccc([N+](=O)[O-])cc2)cc(I)c1OCc1ccc(Cl)cc1Cl. The summed E-state index contributed by atoms with van der Waals surface area (Å²) in [6.07, 6.45) is 1.69. The minimum atomic E-state index is -0.483. The van der Waals surface area contributed by atoms with Gasteiger partial charge in [-0.1, -0.05) is 29.3 Å². The smallest absolute Gasteiger partial charge is 0.269 e. The molecule has 0 aliphatic heterocycles. The zero-order valence-corrected chi connectivity index (χ0v) is 20.3. The number of nitro benzene ring substituents is 1. The van der Waals surface area contributed by atoms with E-state index in [-0.39, 0.29) is 12.3 Å². The number of halogens is 3. The lowest BCUT2D eigenvalue weighted by molar-refractivity contribution is -0.384. The summed E-state index contributed by atoms with van der Waals surface area (Å²) in [5.74, 6) is 1.04. The molecule has 0 aliphatic carbocycles. The van der Waals surface area contributed by atoms with Gasteiger partial charge in [0.1, 0.15) is 6.61 Å². The van der Waals surface area contributed by atoms with Crippen molar-refractivity contribution in [1.82, 2.24) is 0 Å². The summed E-state index contributed by atoms with van der Waals surface area (Å²) in [7, 11) is 1.53. The first-order valence-electron chi connectivity index (χ1n) is 9.13. The summed E-state index contributed by atoms with van der Waals surface area (Å²) in [6.45, 7) is 0.226. The number of nitro groups is 1. The van der Waals surface area contributed by atoms with E-state index in [4.69, 9.17) is 32.7 Å². The van der Waals surface area contributed by atoms with E-state index in [9.17, 15) is 15.4 Å². The van der Waals surface area contributed by atoms with Gasteiger partial charge in [-0.05, 0) is 76.2 Å². The minimum absolute atomic E-state index is 0.0375. The van der Waals surface area contributed by atoms with Gasteiger partial charge in [-0.15, -0.1) is 0 Å². The van der Waals surface area contributed by atoms with Crippen LogP contribution in [-0.2, 0) is 6.61 Å². The van der Waals surface area contributed by atoms with E-state index in [1.807, 2.05) is 6.07 Å². The number of hydrogen-bond donors (Lipinski definition) is 0. The van der Waals surface area contributed by atoms with Gasteiger partial charge in [0.25, 0.3) is 5.69 Å². The zero-order valence-electron chi connectivity index (χ0n) is 16.6. The molecule has 0 saturated heterocycles. The van der Waals surface area contributed by atoms with Crippen molar-refractivity contribution >= 4 is 63.1 Å². The Morgan fingerprint density at radius 2 is 1.91 bits per heavy atom. The monoisotopic (exact) mass is 580 g/mol. The number of hydrogen-bond acceptors (Lipinski definition) is 5.